The molecule has 1 saturated heterocycles. The van der Waals surface area contributed by atoms with Gasteiger partial charge in [-0.2, -0.15) is 0 Å². The summed E-state index contributed by atoms with van der Waals surface area (Å²) in [5.41, 5.74) is -0.582. The molecule has 0 aromatic carbocycles. The van der Waals surface area contributed by atoms with E-state index in [0.717, 1.165) is 6.54 Å². The molecule has 0 amide bonds. The van der Waals surface area contributed by atoms with Crippen LogP contribution in [-0.2, 0) is 0 Å². The van der Waals surface area contributed by atoms with Crippen LogP contribution in [-0.4, -0.2) is 48.3 Å². The molecule has 1 unspecified atom stereocenters. The second kappa shape index (κ2) is 3.73. The molecule has 1 aliphatic rings. The van der Waals surface area contributed by atoms with Gasteiger partial charge in [0, 0.05) is 19.1 Å². The van der Waals surface area contributed by atoms with Crippen LogP contribution in [0.2, 0.25) is 0 Å². The Morgan fingerprint density at radius 3 is 2.67 bits per heavy atom. The summed E-state index contributed by atoms with van der Waals surface area (Å²) >= 11 is 0. The lowest BCUT2D eigenvalue weighted by atomic mass is 10.1. The summed E-state index contributed by atoms with van der Waals surface area (Å²) in [6, 6.07) is 0.571. The summed E-state index contributed by atoms with van der Waals surface area (Å²) in [4.78, 5) is 2.31. The highest BCUT2D eigenvalue weighted by Gasteiger charge is 2.21. The molecule has 0 aliphatic carbocycles. The van der Waals surface area contributed by atoms with Gasteiger partial charge >= 0.3 is 0 Å². The van der Waals surface area contributed by atoms with Crippen molar-refractivity contribution in [2.24, 2.45) is 0 Å². The molecule has 12 heavy (non-hydrogen) atoms. The summed E-state index contributed by atoms with van der Waals surface area (Å²) in [5.74, 6) is 0. The third-order valence-electron chi connectivity index (χ3n) is 2.21. The summed E-state index contributed by atoms with van der Waals surface area (Å²) in [6.07, 6.45) is 1.20. The molecule has 1 rings (SSSR count). The third-order valence-corrected chi connectivity index (χ3v) is 2.21. The molecule has 1 atom stereocenters. The Labute approximate surface area is 74.8 Å². The van der Waals surface area contributed by atoms with Crippen LogP contribution in [0.3, 0.4) is 0 Å². The van der Waals surface area contributed by atoms with Crippen LogP contribution in [0, 0.1) is 0 Å². The van der Waals surface area contributed by atoms with E-state index < -0.39 is 5.60 Å². The van der Waals surface area contributed by atoms with Crippen molar-refractivity contribution in [2.45, 2.75) is 31.9 Å². The van der Waals surface area contributed by atoms with Crippen molar-refractivity contribution in [2.75, 3.05) is 26.7 Å². The first-order valence-electron chi connectivity index (χ1n) is 4.62. The van der Waals surface area contributed by atoms with Crippen molar-refractivity contribution in [3.63, 3.8) is 0 Å². The first-order valence-corrected chi connectivity index (χ1v) is 4.62. The van der Waals surface area contributed by atoms with Gasteiger partial charge < -0.3 is 15.3 Å². The molecule has 0 bridgehead atoms. The molecule has 0 aromatic rings. The van der Waals surface area contributed by atoms with Crippen LogP contribution in [0.4, 0.5) is 0 Å². The average Bonchev–Trinajstić information content (AvgIpc) is 2.30. The summed E-state index contributed by atoms with van der Waals surface area (Å²) in [5, 5.41) is 12.8. The standard InChI is InChI=1S/C9H20N2O/c1-9(2,12)7-10-8-4-5-11(3)6-8/h8,10,12H,4-7H2,1-3H3. The molecule has 1 aliphatic heterocycles. The average molecular weight is 172 g/mol. The van der Waals surface area contributed by atoms with Gasteiger partial charge in [0.05, 0.1) is 5.60 Å². The Bertz CT molecular complexity index is 142. The van der Waals surface area contributed by atoms with Gasteiger partial charge in [-0.15, -0.1) is 0 Å². The van der Waals surface area contributed by atoms with Crippen LogP contribution in [0.15, 0.2) is 0 Å². The molecule has 0 spiro atoms. The molecule has 3 nitrogen and oxygen atoms in total. The lowest BCUT2D eigenvalue weighted by molar-refractivity contribution is 0.0767. The van der Waals surface area contributed by atoms with Crippen molar-refractivity contribution < 1.29 is 5.11 Å². The van der Waals surface area contributed by atoms with E-state index in [0.29, 0.717) is 12.6 Å². The van der Waals surface area contributed by atoms with Crippen LogP contribution in [0.25, 0.3) is 0 Å². The number of hydrogen-bond donors (Lipinski definition) is 2. The van der Waals surface area contributed by atoms with E-state index >= 15 is 0 Å². The van der Waals surface area contributed by atoms with Crippen molar-refractivity contribution in [1.29, 1.82) is 0 Å². The largest absolute Gasteiger partial charge is 0.389 e. The van der Waals surface area contributed by atoms with Gasteiger partial charge in [0.25, 0.3) is 0 Å². The third kappa shape index (κ3) is 3.52. The van der Waals surface area contributed by atoms with Crippen LogP contribution in [0.1, 0.15) is 20.3 Å². The fraction of sp³-hybridized carbons (Fsp3) is 1.00. The predicted octanol–water partition coefficient (Wildman–Crippen LogP) is 0.0510. The van der Waals surface area contributed by atoms with E-state index in [4.69, 9.17) is 0 Å². The summed E-state index contributed by atoms with van der Waals surface area (Å²) in [6.45, 7) is 6.63. The minimum Gasteiger partial charge on any atom is -0.389 e. The fourth-order valence-electron chi connectivity index (χ4n) is 1.50. The second-order valence-corrected chi connectivity index (χ2v) is 4.44. The van der Waals surface area contributed by atoms with E-state index in [-0.39, 0.29) is 0 Å². The number of hydrogen-bond acceptors (Lipinski definition) is 3. The number of likely N-dealkylation sites (tertiary alicyclic amines) is 1. The van der Waals surface area contributed by atoms with Crippen LogP contribution in [0.5, 0.6) is 0 Å². The number of rotatable bonds is 3. The molecule has 0 radical (unpaired) electrons. The van der Waals surface area contributed by atoms with Gasteiger partial charge in [0.1, 0.15) is 0 Å². The van der Waals surface area contributed by atoms with Crippen molar-refractivity contribution >= 4 is 0 Å². The molecule has 0 saturated carbocycles. The predicted molar refractivity (Wildman–Crippen MR) is 50.2 cm³/mol. The van der Waals surface area contributed by atoms with Gasteiger partial charge in [-0.25, -0.2) is 0 Å². The molecular formula is C9H20N2O. The topological polar surface area (TPSA) is 35.5 Å². The Hall–Kier alpha value is -0.120. The van der Waals surface area contributed by atoms with E-state index in [2.05, 4.69) is 17.3 Å². The van der Waals surface area contributed by atoms with Gasteiger partial charge in [-0.3, -0.25) is 0 Å². The smallest absolute Gasteiger partial charge is 0.0715 e. The zero-order chi connectivity index (χ0) is 9.19. The van der Waals surface area contributed by atoms with Crippen LogP contribution < -0.4 is 5.32 Å². The van der Waals surface area contributed by atoms with E-state index in [9.17, 15) is 5.11 Å². The highest BCUT2D eigenvalue weighted by molar-refractivity contribution is 4.81. The van der Waals surface area contributed by atoms with Crippen molar-refractivity contribution in [3.8, 4) is 0 Å². The van der Waals surface area contributed by atoms with Gasteiger partial charge in [-0.1, -0.05) is 0 Å². The Kier molecular flexibility index (Phi) is 3.09. The zero-order valence-electron chi connectivity index (χ0n) is 8.30. The number of nitrogens with one attached hydrogen (secondary N) is 1. The second-order valence-electron chi connectivity index (χ2n) is 4.44. The SMILES string of the molecule is CN1CCC(NCC(C)(C)O)C1. The highest BCUT2D eigenvalue weighted by Crippen LogP contribution is 2.07. The van der Waals surface area contributed by atoms with E-state index in [1.54, 1.807) is 0 Å². The van der Waals surface area contributed by atoms with Gasteiger partial charge in [-0.05, 0) is 33.9 Å². The molecular weight excluding hydrogens is 152 g/mol. The number of nitrogens with zero attached hydrogens (tertiary/aromatic N) is 1. The van der Waals surface area contributed by atoms with Gasteiger partial charge in [0.2, 0.25) is 0 Å². The monoisotopic (exact) mass is 172 g/mol. The lowest BCUT2D eigenvalue weighted by Gasteiger charge is -2.21. The van der Waals surface area contributed by atoms with Crippen molar-refractivity contribution in [3.05, 3.63) is 0 Å². The quantitative estimate of drug-likeness (QED) is 0.631. The summed E-state index contributed by atoms with van der Waals surface area (Å²) in [7, 11) is 2.13. The van der Waals surface area contributed by atoms with Crippen LogP contribution >= 0.6 is 0 Å². The number of likely N-dealkylation sites (N-methyl/N-ethyl adjacent to an activating group) is 1. The Morgan fingerprint density at radius 1 is 1.58 bits per heavy atom. The first-order chi connectivity index (χ1) is 5.47. The minimum absolute atomic E-state index is 0.571. The van der Waals surface area contributed by atoms with Gasteiger partial charge in [0.15, 0.2) is 0 Å². The maximum Gasteiger partial charge on any atom is 0.0715 e. The lowest BCUT2D eigenvalue weighted by Crippen LogP contribution is -2.41. The first kappa shape index (κ1) is 9.96. The maximum atomic E-state index is 9.47. The molecule has 2 N–H and O–H groups in total. The van der Waals surface area contributed by atoms with E-state index in [1.807, 2.05) is 13.8 Å². The zero-order valence-corrected chi connectivity index (χ0v) is 8.30. The molecule has 72 valence electrons. The highest BCUT2D eigenvalue weighted by atomic mass is 16.3. The maximum absolute atomic E-state index is 9.47. The molecule has 1 heterocycles. The van der Waals surface area contributed by atoms with Crippen molar-refractivity contribution in [1.82, 2.24) is 10.2 Å². The molecule has 3 heteroatoms. The summed E-state index contributed by atoms with van der Waals surface area (Å²) < 4.78 is 0. The Balaban J connectivity index is 2.16. The van der Waals surface area contributed by atoms with E-state index in [1.165, 1.54) is 13.0 Å². The Morgan fingerprint density at radius 2 is 2.25 bits per heavy atom. The number of aliphatic hydroxyl groups is 1. The minimum atomic E-state index is -0.582. The fourth-order valence-corrected chi connectivity index (χ4v) is 1.50. The normalized spacial score (nSPS) is 26.5. The molecule has 0 aromatic heterocycles. The molecule has 1 fully saturated rings.